The zero-order valence-electron chi connectivity index (χ0n) is 7.37. The highest BCUT2D eigenvalue weighted by molar-refractivity contribution is 6.30. The molecule has 0 saturated heterocycles. The second kappa shape index (κ2) is 3.24. The first-order chi connectivity index (χ1) is 5.82. The van der Waals surface area contributed by atoms with Gasteiger partial charge in [-0.15, -0.1) is 0 Å². The fourth-order valence-corrected chi connectivity index (χ4v) is 1.17. The minimum atomic E-state index is -0.907. The summed E-state index contributed by atoms with van der Waals surface area (Å²) in [7, 11) is 0. The Labute approximate surface area is 80.5 Å². The summed E-state index contributed by atoms with van der Waals surface area (Å²) in [6.07, 6.45) is 0. The average molecular weight is 206 g/mol. The molecule has 0 fully saturated rings. The molecular weight excluding hydrogens is 196 g/mol. The second-order valence-corrected chi connectivity index (χ2v) is 3.88. The van der Waals surface area contributed by atoms with E-state index in [1.807, 2.05) is 0 Å². The summed E-state index contributed by atoms with van der Waals surface area (Å²) in [6, 6.07) is 1.96. The summed E-state index contributed by atoms with van der Waals surface area (Å²) in [5.74, 6) is -1.24. The Morgan fingerprint density at radius 2 is 1.77 bits per heavy atom. The fourth-order valence-electron chi connectivity index (χ4n) is 1.02. The van der Waals surface area contributed by atoms with Gasteiger partial charge in [0.2, 0.25) is 0 Å². The smallest absolute Gasteiger partial charge is 0.142 e. The van der Waals surface area contributed by atoms with Crippen molar-refractivity contribution in [1.82, 2.24) is 0 Å². The van der Waals surface area contributed by atoms with Crippen LogP contribution in [-0.2, 0) is 5.54 Å². The molecule has 0 aromatic heterocycles. The molecule has 4 heteroatoms. The van der Waals surface area contributed by atoms with E-state index in [4.69, 9.17) is 17.3 Å². The Hall–Kier alpha value is -0.670. The Balaban J connectivity index is 3.32. The molecule has 0 bridgehead atoms. The van der Waals surface area contributed by atoms with Crippen molar-refractivity contribution in [1.29, 1.82) is 0 Å². The van der Waals surface area contributed by atoms with E-state index >= 15 is 0 Å². The topological polar surface area (TPSA) is 26.0 Å². The third kappa shape index (κ3) is 2.17. The standard InChI is InChI=1S/C9H10ClF2N/c1-9(2,13)5-3-8(12)6(10)4-7(5)11/h3-4H,13H2,1-2H3. The van der Waals surface area contributed by atoms with Gasteiger partial charge in [-0.25, -0.2) is 8.78 Å². The predicted molar refractivity (Wildman–Crippen MR) is 48.6 cm³/mol. The van der Waals surface area contributed by atoms with E-state index in [1.165, 1.54) is 0 Å². The fraction of sp³-hybridized carbons (Fsp3) is 0.333. The van der Waals surface area contributed by atoms with Crippen LogP contribution in [0.25, 0.3) is 0 Å². The number of halogens is 3. The predicted octanol–water partition coefficient (Wildman–Crippen LogP) is 2.81. The van der Waals surface area contributed by atoms with Crippen molar-refractivity contribution in [2.24, 2.45) is 5.73 Å². The number of nitrogens with two attached hydrogens (primary N) is 1. The van der Waals surface area contributed by atoms with E-state index in [1.54, 1.807) is 13.8 Å². The van der Waals surface area contributed by atoms with E-state index < -0.39 is 17.2 Å². The lowest BCUT2D eigenvalue weighted by Gasteiger charge is -2.19. The van der Waals surface area contributed by atoms with Gasteiger partial charge >= 0.3 is 0 Å². The molecule has 0 aliphatic carbocycles. The van der Waals surface area contributed by atoms with Gasteiger partial charge in [0, 0.05) is 11.1 Å². The van der Waals surface area contributed by atoms with Gasteiger partial charge in [0.05, 0.1) is 5.02 Å². The molecule has 72 valence electrons. The lowest BCUT2D eigenvalue weighted by molar-refractivity contribution is 0.492. The molecule has 0 heterocycles. The van der Waals surface area contributed by atoms with Crippen molar-refractivity contribution in [3.8, 4) is 0 Å². The van der Waals surface area contributed by atoms with Crippen LogP contribution in [0.4, 0.5) is 8.78 Å². The molecule has 1 aromatic carbocycles. The largest absolute Gasteiger partial charge is 0.322 e. The van der Waals surface area contributed by atoms with E-state index in [9.17, 15) is 8.78 Å². The normalized spacial score (nSPS) is 11.8. The second-order valence-electron chi connectivity index (χ2n) is 3.47. The third-order valence-corrected chi connectivity index (χ3v) is 1.99. The molecule has 0 aliphatic rings. The number of hydrogen-bond donors (Lipinski definition) is 1. The SMILES string of the molecule is CC(C)(N)c1cc(F)c(Cl)cc1F. The molecule has 0 radical (unpaired) electrons. The summed E-state index contributed by atoms with van der Waals surface area (Å²) in [5, 5.41) is -0.231. The van der Waals surface area contributed by atoms with E-state index in [0.717, 1.165) is 12.1 Å². The Morgan fingerprint density at radius 3 is 2.23 bits per heavy atom. The van der Waals surface area contributed by atoms with Crippen molar-refractivity contribution in [2.75, 3.05) is 0 Å². The molecule has 0 aliphatic heterocycles. The summed E-state index contributed by atoms with van der Waals surface area (Å²) < 4.78 is 26.1. The van der Waals surface area contributed by atoms with Crippen molar-refractivity contribution < 1.29 is 8.78 Å². The van der Waals surface area contributed by atoms with Crippen LogP contribution in [-0.4, -0.2) is 0 Å². The first kappa shape index (κ1) is 10.4. The van der Waals surface area contributed by atoms with Crippen LogP contribution in [0.1, 0.15) is 19.4 Å². The molecule has 1 aromatic rings. The van der Waals surface area contributed by atoms with Crippen LogP contribution >= 0.6 is 11.6 Å². The maximum Gasteiger partial charge on any atom is 0.142 e. The minimum absolute atomic E-state index is 0.120. The summed E-state index contributed by atoms with van der Waals surface area (Å²) >= 11 is 5.38. The Morgan fingerprint density at radius 1 is 1.23 bits per heavy atom. The molecule has 1 nitrogen and oxygen atoms in total. The van der Waals surface area contributed by atoms with Gasteiger partial charge < -0.3 is 5.73 Å². The molecule has 0 atom stereocenters. The summed E-state index contributed by atoms with van der Waals surface area (Å²) in [5.41, 5.74) is 4.84. The van der Waals surface area contributed by atoms with Gasteiger partial charge in [0.15, 0.2) is 0 Å². The Bertz CT molecular complexity index is 331. The van der Waals surface area contributed by atoms with Crippen LogP contribution in [0.5, 0.6) is 0 Å². The average Bonchev–Trinajstić information content (AvgIpc) is 1.94. The lowest BCUT2D eigenvalue weighted by Crippen LogP contribution is -2.30. The highest BCUT2D eigenvalue weighted by Crippen LogP contribution is 2.25. The van der Waals surface area contributed by atoms with Crippen molar-refractivity contribution in [2.45, 2.75) is 19.4 Å². The molecule has 13 heavy (non-hydrogen) atoms. The number of benzene rings is 1. The maximum atomic E-state index is 13.2. The number of hydrogen-bond acceptors (Lipinski definition) is 1. The van der Waals surface area contributed by atoms with Gasteiger partial charge in [-0.1, -0.05) is 11.6 Å². The molecule has 0 spiro atoms. The monoisotopic (exact) mass is 205 g/mol. The van der Waals surface area contributed by atoms with Crippen molar-refractivity contribution >= 4 is 11.6 Å². The summed E-state index contributed by atoms with van der Waals surface area (Å²) in [6.45, 7) is 3.19. The molecule has 0 unspecified atom stereocenters. The van der Waals surface area contributed by atoms with Crippen molar-refractivity contribution in [3.63, 3.8) is 0 Å². The van der Waals surface area contributed by atoms with E-state index in [0.29, 0.717) is 0 Å². The minimum Gasteiger partial charge on any atom is -0.322 e. The maximum absolute atomic E-state index is 13.2. The van der Waals surface area contributed by atoms with Gasteiger partial charge in [-0.05, 0) is 26.0 Å². The van der Waals surface area contributed by atoms with Gasteiger partial charge in [-0.3, -0.25) is 0 Å². The Kier molecular flexibility index (Phi) is 2.59. The highest BCUT2D eigenvalue weighted by Gasteiger charge is 2.20. The first-order valence-corrected chi connectivity index (χ1v) is 4.14. The lowest BCUT2D eigenvalue weighted by atomic mass is 9.95. The highest BCUT2D eigenvalue weighted by atomic mass is 35.5. The number of rotatable bonds is 1. The van der Waals surface area contributed by atoms with Crippen LogP contribution in [0.2, 0.25) is 5.02 Å². The van der Waals surface area contributed by atoms with Gasteiger partial charge in [0.25, 0.3) is 0 Å². The zero-order chi connectivity index (χ0) is 10.2. The van der Waals surface area contributed by atoms with E-state index in [2.05, 4.69) is 0 Å². The van der Waals surface area contributed by atoms with Crippen molar-refractivity contribution in [3.05, 3.63) is 34.4 Å². The first-order valence-electron chi connectivity index (χ1n) is 3.76. The van der Waals surface area contributed by atoms with Gasteiger partial charge in [-0.2, -0.15) is 0 Å². The van der Waals surface area contributed by atoms with Crippen LogP contribution < -0.4 is 5.73 Å². The molecule has 0 saturated carbocycles. The van der Waals surface area contributed by atoms with E-state index in [-0.39, 0.29) is 10.6 Å². The third-order valence-electron chi connectivity index (χ3n) is 1.70. The summed E-state index contributed by atoms with van der Waals surface area (Å²) in [4.78, 5) is 0. The molecule has 1 rings (SSSR count). The van der Waals surface area contributed by atoms with Crippen LogP contribution in [0.15, 0.2) is 12.1 Å². The molecule has 2 N–H and O–H groups in total. The zero-order valence-corrected chi connectivity index (χ0v) is 8.12. The quantitative estimate of drug-likeness (QED) is 0.701. The van der Waals surface area contributed by atoms with Gasteiger partial charge in [0.1, 0.15) is 11.6 Å². The van der Waals surface area contributed by atoms with Crippen LogP contribution in [0, 0.1) is 11.6 Å². The van der Waals surface area contributed by atoms with Crippen LogP contribution in [0.3, 0.4) is 0 Å². The molecule has 0 amide bonds. The molecular formula is C9H10ClF2N.